The highest BCUT2D eigenvalue weighted by atomic mass is 32.2. The van der Waals surface area contributed by atoms with E-state index in [1.54, 1.807) is 24.3 Å². The fourth-order valence-electron chi connectivity index (χ4n) is 2.22. The van der Waals surface area contributed by atoms with Crippen molar-refractivity contribution in [2.75, 3.05) is 12.9 Å². The maximum absolute atomic E-state index is 11.1. The first-order valence-electron chi connectivity index (χ1n) is 8.35. The lowest BCUT2D eigenvalue weighted by Gasteiger charge is -2.21. The molecule has 0 aliphatic rings. The molecule has 1 N–H and O–H groups in total. The summed E-state index contributed by atoms with van der Waals surface area (Å²) in [5, 5.41) is 9.08. The Morgan fingerprint density at radius 2 is 1.58 bits per heavy atom. The zero-order valence-electron chi connectivity index (χ0n) is 15.2. The van der Waals surface area contributed by atoms with E-state index >= 15 is 0 Å². The Balaban J connectivity index is 1.75. The van der Waals surface area contributed by atoms with Crippen molar-refractivity contribution >= 4 is 18.0 Å². The lowest BCUT2D eigenvalue weighted by Crippen LogP contribution is -2.37. The van der Waals surface area contributed by atoms with Gasteiger partial charge in [-0.2, -0.15) is 0 Å². The number of hydrogen-bond donors (Lipinski definition) is 1. The molecule has 6 heteroatoms. The van der Waals surface area contributed by atoms with Gasteiger partial charge >= 0.3 is 5.97 Å². The van der Waals surface area contributed by atoms with E-state index in [2.05, 4.69) is 12.1 Å². The summed E-state index contributed by atoms with van der Waals surface area (Å²) in [6, 6.07) is 15.0. The van der Waals surface area contributed by atoms with Crippen molar-refractivity contribution in [3.8, 4) is 17.2 Å². The first-order valence-corrected chi connectivity index (χ1v) is 9.50. The molecule has 0 aromatic heterocycles. The van der Waals surface area contributed by atoms with Gasteiger partial charge in [-0.15, -0.1) is 0 Å². The highest BCUT2D eigenvalue weighted by molar-refractivity contribution is 7.94. The minimum absolute atomic E-state index is 0.498. The molecule has 0 fully saturated rings. The summed E-state index contributed by atoms with van der Waals surface area (Å²) in [4.78, 5) is 11.1. The quantitative estimate of drug-likeness (QED) is 0.483. The second kappa shape index (κ2) is 9.38. The summed E-state index contributed by atoms with van der Waals surface area (Å²) >= 11 is 1.33. The lowest BCUT2D eigenvalue weighted by molar-refractivity contribution is -0.152. The average Bonchev–Trinajstić information content (AvgIpc) is 2.61. The van der Waals surface area contributed by atoms with Crippen LogP contribution in [0.25, 0.3) is 0 Å². The van der Waals surface area contributed by atoms with Gasteiger partial charge in [0.05, 0.1) is 18.6 Å². The average molecular weight is 376 g/mol. The van der Waals surface area contributed by atoms with Crippen LogP contribution in [0.15, 0.2) is 48.5 Å². The van der Waals surface area contributed by atoms with Gasteiger partial charge < -0.3 is 18.8 Å². The molecular formula is C20H24O5S. The Labute approximate surface area is 158 Å². The number of benzene rings is 2. The number of ether oxygens (including phenoxy) is 2. The number of aryl methyl sites for hydroxylation is 1. The molecule has 0 saturated heterocycles. The van der Waals surface area contributed by atoms with Crippen LogP contribution in [0.2, 0.25) is 0 Å². The summed E-state index contributed by atoms with van der Waals surface area (Å²) in [6.07, 6.45) is 3.71. The van der Waals surface area contributed by atoms with Gasteiger partial charge in [-0.3, -0.25) is 0 Å². The maximum Gasteiger partial charge on any atom is 0.347 e. The molecule has 0 spiro atoms. The molecule has 0 atom stereocenters. The summed E-state index contributed by atoms with van der Waals surface area (Å²) in [5.74, 6) is 1.07. The van der Waals surface area contributed by atoms with Gasteiger partial charge in [0.1, 0.15) is 17.2 Å². The molecule has 0 bridgehead atoms. The van der Waals surface area contributed by atoms with Crippen molar-refractivity contribution in [3.63, 3.8) is 0 Å². The molecule has 0 amide bonds. The fourth-order valence-corrected chi connectivity index (χ4v) is 2.52. The number of carbonyl (C=O) groups is 1. The standard InChI is InChI=1S/C20H24O5S/c1-20(2,19(21)22)24-17-12-10-16(11-13-17)23-14-4-5-15-6-8-18(9-7-15)25-26-3/h6-13H,4-5,14H2,1-3H3,(H,21,22). The van der Waals surface area contributed by atoms with E-state index in [1.165, 1.54) is 31.5 Å². The molecule has 2 aromatic carbocycles. The zero-order valence-corrected chi connectivity index (χ0v) is 16.0. The highest BCUT2D eigenvalue weighted by Crippen LogP contribution is 2.22. The van der Waals surface area contributed by atoms with Crippen LogP contribution in [0.4, 0.5) is 0 Å². The monoisotopic (exact) mass is 376 g/mol. The van der Waals surface area contributed by atoms with E-state index in [9.17, 15) is 4.79 Å². The Bertz CT molecular complexity index is 695. The molecule has 26 heavy (non-hydrogen) atoms. The number of carboxylic acid groups (broad SMARTS) is 1. The molecular weight excluding hydrogens is 352 g/mol. The normalized spacial score (nSPS) is 11.0. The molecule has 0 saturated carbocycles. The van der Waals surface area contributed by atoms with Crippen LogP contribution in [-0.2, 0) is 11.2 Å². The summed E-state index contributed by atoms with van der Waals surface area (Å²) < 4.78 is 16.5. The third-order valence-electron chi connectivity index (χ3n) is 3.69. The molecule has 140 valence electrons. The van der Waals surface area contributed by atoms with Crippen LogP contribution in [0.5, 0.6) is 17.2 Å². The molecule has 0 aliphatic heterocycles. The maximum atomic E-state index is 11.1. The Kier molecular flexibility index (Phi) is 7.21. The molecule has 0 heterocycles. The van der Waals surface area contributed by atoms with E-state index in [4.69, 9.17) is 18.8 Å². The van der Waals surface area contributed by atoms with Gasteiger partial charge in [-0.25, -0.2) is 4.79 Å². The van der Waals surface area contributed by atoms with Gasteiger partial charge in [0, 0.05) is 6.26 Å². The smallest absolute Gasteiger partial charge is 0.347 e. The van der Waals surface area contributed by atoms with E-state index in [1.807, 2.05) is 18.4 Å². The third-order valence-corrected chi connectivity index (χ3v) is 4.05. The van der Waals surface area contributed by atoms with Crippen molar-refractivity contribution < 1.29 is 23.6 Å². The minimum Gasteiger partial charge on any atom is -0.494 e. The van der Waals surface area contributed by atoms with Crippen LogP contribution in [0.1, 0.15) is 25.8 Å². The number of hydrogen-bond acceptors (Lipinski definition) is 5. The van der Waals surface area contributed by atoms with Crippen LogP contribution < -0.4 is 13.7 Å². The topological polar surface area (TPSA) is 65.0 Å². The van der Waals surface area contributed by atoms with Crippen LogP contribution in [0.3, 0.4) is 0 Å². The van der Waals surface area contributed by atoms with Gasteiger partial charge in [-0.1, -0.05) is 12.1 Å². The first kappa shape index (κ1) is 20.0. The van der Waals surface area contributed by atoms with Gasteiger partial charge in [0.15, 0.2) is 5.60 Å². The minimum atomic E-state index is -1.27. The van der Waals surface area contributed by atoms with E-state index in [0.717, 1.165) is 24.3 Å². The molecule has 2 aromatic rings. The Morgan fingerprint density at radius 1 is 1.00 bits per heavy atom. The second-order valence-electron chi connectivity index (χ2n) is 6.23. The number of rotatable bonds is 10. The SMILES string of the molecule is CSOc1ccc(CCCOc2ccc(OC(C)(C)C(=O)O)cc2)cc1. The van der Waals surface area contributed by atoms with Crippen molar-refractivity contribution in [2.24, 2.45) is 0 Å². The lowest BCUT2D eigenvalue weighted by atomic mass is 10.1. The molecule has 5 nitrogen and oxygen atoms in total. The van der Waals surface area contributed by atoms with Gasteiger partial charge in [-0.05, 0) is 68.7 Å². The fraction of sp³-hybridized carbons (Fsp3) is 0.350. The predicted octanol–water partition coefficient (Wildman–Crippen LogP) is 4.60. The second-order valence-corrected chi connectivity index (χ2v) is 6.73. The van der Waals surface area contributed by atoms with Gasteiger partial charge in [0.2, 0.25) is 0 Å². The molecule has 2 rings (SSSR count). The summed E-state index contributed by atoms with van der Waals surface area (Å²) in [6.45, 7) is 3.63. The van der Waals surface area contributed by atoms with Crippen LogP contribution in [0, 0.1) is 0 Å². The van der Waals surface area contributed by atoms with Crippen molar-refractivity contribution in [3.05, 3.63) is 54.1 Å². The predicted molar refractivity (Wildman–Crippen MR) is 103 cm³/mol. The zero-order chi connectivity index (χ0) is 19.0. The van der Waals surface area contributed by atoms with Crippen LogP contribution >= 0.6 is 12.0 Å². The van der Waals surface area contributed by atoms with Crippen LogP contribution in [-0.4, -0.2) is 29.5 Å². The summed E-state index contributed by atoms with van der Waals surface area (Å²) in [7, 11) is 0. The van der Waals surface area contributed by atoms with Crippen molar-refractivity contribution in [1.29, 1.82) is 0 Å². The van der Waals surface area contributed by atoms with E-state index in [-0.39, 0.29) is 0 Å². The molecule has 0 unspecified atom stereocenters. The highest BCUT2D eigenvalue weighted by Gasteiger charge is 2.29. The van der Waals surface area contributed by atoms with Crippen molar-refractivity contribution in [1.82, 2.24) is 0 Å². The summed E-state index contributed by atoms with van der Waals surface area (Å²) in [5.41, 5.74) is -0.0274. The largest absolute Gasteiger partial charge is 0.494 e. The van der Waals surface area contributed by atoms with E-state index in [0.29, 0.717) is 12.4 Å². The van der Waals surface area contributed by atoms with E-state index < -0.39 is 11.6 Å². The number of carboxylic acids is 1. The molecule has 0 aliphatic carbocycles. The van der Waals surface area contributed by atoms with Crippen molar-refractivity contribution in [2.45, 2.75) is 32.3 Å². The van der Waals surface area contributed by atoms with Gasteiger partial charge in [0.25, 0.3) is 0 Å². The first-order chi connectivity index (χ1) is 12.4. The molecule has 0 radical (unpaired) electrons. The third kappa shape index (κ3) is 6.19. The Morgan fingerprint density at radius 3 is 2.15 bits per heavy atom. The number of aliphatic carboxylic acids is 1. The Hall–Kier alpha value is -2.34.